The summed E-state index contributed by atoms with van der Waals surface area (Å²) < 4.78 is 21.4. The molecule has 0 amide bonds. The summed E-state index contributed by atoms with van der Waals surface area (Å²) in [6, 6.07) is 6.97. The first-order valence-corrected chi connectivity index (χ1v) is 16.4. The first kappa shape index (κ1) is 26.8. The largest absolute Gasteiger partial charge is 0.398 e. The van der Waals surface area contributed by atoms with Crippen LogP contribution in [0.25, 0.3) is 0 Å². The van der Waals surface area contributed by atoms with E-state index in [1.54, 1.807) is 0 Å². The van der Waals surface area contributed by atoms with E-state index in [4.69, 9.17) is 20.4 Å². The molecule has 2 aromatic rings. The highest BCUT2D eigenvalue weighted by Crippen LogP contribution is 2.52. The van der Waals surface area contributed by atoms with Crippen molar-refractivity contribution >= 4 is 11.5 Å². The minimum absolute atomic E-state index is 0.0356. The van der Waals surface area contributed by atoms with Crippen molar-refractivity contribution in [2.24, 2.45) is 5.92 Å². The molecule has 2 N–H and O–H groups in total. The monoisotopic (exact) mass is 570 g/mol. The van der Waals surface area contributed by atoms with Crippen LogP contribution in [0.2, 0.25) is 0 Å². The van der Waals surface area contributed by atoms with E-state index in [0.29, 0.717) is 49.2 Å². The van der Waals surface area contributed by atoms with E-state index in [1.165, 1.54) is 31.2 Å². The molecule has 4 fully saturated rings. The molecule has 6 atom stereocenters. The maximum atomic E-state index is 14.5. The predicted molar refractivity (Wildman–Crippen MR) is 160 cm³/mol. The van der Waals surface area contributed by atoms with Gasteiger partial charge in [0.15, 0.2) is 0 Å². The minimum atomic E-state index is -0.720. The molecule has 222 valence electrons. The number of nitrogen functional groups attached to an aromatic ring is 1. The molecule has 3 saturated heterocycles. The number of fused-ring (bicyclic) bond motifs is 5. The van der Waals surface area contributed by atoms with Gasteiger partial charge in [-0.05, 0) is 81.4 Å². The summed E-state index contributed by atoms with van der Waals surface area (Å²) in [6.07, 6.45) is 11.5. The third-order valence-electron chi connectivity index (χ3n) is 12.0. The van der Waals surface area contributed by atoms with Crippen molar-refractivity contribution in [2.45, 2.75) is 120 Å². The first-order valence-electron chi connectivity index (χ1n) is 16.4. The van der Waals surface area contributed by atoms with E-state index in [2.05, 4.69) is 28.9 Å². The Hall–Kier alpha value is -2.76. The third-order valence-corrected chi connectivity index (χ3v) is 12.0. The molecule has 2 aliphatic carbocycles. The molecule has 0 radical (unpaired) electrons. The van der Waals surface area contributed by atoms with Gasteiger partial charge in [0.05, 0.1) is 17.9 Å². The predicted octanol–water partition coefficient (Wildman–Crippen LogP) is 5.68. The van der Waals surface area contributed by atoms with Gasteiger partial charge in [-0.25, -0.2) is 14.4 Å². The quantitative estimate of drug-likeness (QED) is 0.473. The summed E-state index contributed by atoms with van der Waals surface area (Å²) in [5, 5.41) is 10.2. The molecule has 42 heavy (non-hydrogen) atoms. The Bertz CT molecular complexity index is 1460. The standard InChI is InChI=1S/C34H43FN6O/c1-21-9-13-34(31-24(21)7-8-27(37)25(31)17-36)16-28-26(20-42-34)32(41-18-22-5-2-3-6-29(22)41)39-30(38-28)10-12-33-11-4-14-40(33)19-23(35)15-33/h7-8,21-23,29H,2-6,9-16,18-20,37H2,1H3. The van der Waals surface area contributed by atoms with Crippen molar-refractivity contribution in [3.8, 4) is 6.07 Å². The van der Waals surface area contributed by atoms with Crippen LogP contribution in [0.5, 0.6) is 0 Å². The van der Waals surface area contributed by atoms with Gasteiger partial charge in [0.2, 0.25) is 0 Å². The number of hydrogen-bond donors (Lipinski definition) is 1. The Balaban J connectivity index is 1.18. The van der Waals surface area contributed by atoms with Gasteiger partial charge < -0.3 is 15.4 Å². The summed E-state index contributed by atoms with van der Waals surface area (Å²) in [6.45, 7) is 5.34. The van der Waals surface area contributed by atoms with Crippen molar-refractivity contribution in [1.29, 1.82) is 5.26 Å². The molecular weight excluding hydrogens is 527 g/mol. The van der Waals surface area contributed by atoms with Crippen LogP contribution in [0.15, 0.2) is 12.1 Å². The lowest BCUT2D eigenvalue weighted by atomic mass is 9.69. The summed E-state index contributed by atoms with van der Waals surface area (Å²) in [5.74, 6) is 3.08. The fraction of sp³-hybridized carbons (Fsp3) is 0.676. The highest BCUT2D eigenvalue weighted by atomic mass is 19.1. The molecule has 6 unspecified atom stereocenters. The Labute approximate surface area is 248 Å². The zero-order valence-corrected chi connectivity index (χ0v) is 24.9. The maximum Gasteiger partial charge on any atom is 0.138 e. The van der Waals surface area contributed by atoms with Gasteiger partial charge in [0, 0.05) is 54.3 Å². The van der Waals surface area contributed by atoms with E-state index >= 15 is 0 Å². The van der Waals surface area contributed by atoms with Crippen molar-refractivity contribution in [2.75, 3.05) is 30.3 Å². The van der Waals surface area contributed by atoms with Gasteiger partial charge in [-0.3, -0.25) is 4.90 Å². The third kappa shape index (κ3) is 4.02. The number of nitrogens with two attached hydrogens (primary N) is 1. The van der Waals surface area contributed by atoms with Crippen LogP contribution < -0.4 is 10.6 Å². The smallest absolute Gasteiger partial charge is 0.138 e. The summed E-state index contributed by atoms with van der Waals surface area (Å²) in [7, 11) is 0. The Morgan fingerprint density at radius 2 is 2.02 bits per heavy atom. The summed E-state index contributed by atoms with van der Waals surface area (Å²) in [4.78, 5) is 15.5. The molecule has 4 aliphatic heterocycles. The van der Waals surface area contributed by atoms with Gasteiger partial charge in [0.1, 0.15) is 29.5 Å². The van der Waals surface area contributed by atoms with Crippen LogP contribution in [-0.2, 0) is 29.8 Å². The van der Waals surface area contributed by atoms with Gasteiger partial charge in [-0.15, -0.1) is 0 Å². The van der Waals surface area contributed by atoms with Crippen LogP contribution in [0, 0.1) is 17.2 Å². The highest BCUT2D eigenvalue weighted by molar-refractivity contribution is 5.64. The zero-order chi connectivity index (χ0) is 28.6. The average molecular weight is 571 g/mol. The van der Waals surface area contributed by atoms with E-state index in [1.807, 2.05) is 6.07 Å². The van der Waals surface area contributed by atoms with Gasteiger partial charge >= 0.3 is 0 Å². The lowest BCUT2D eigenvalue weighted by Crippen LogP contribution is -2.58. The number of rotatable bonds is 4. The average Bonchev–Trinajstić information content (AvgIpc) is 3.50. The lowest BCUT2D eigenvalue weighted by molar-refractivity contribution is -0.0873. The summed E-state index contributed by atoms with van der Waals surface area (Å²) in [5.41, 5.74) is 11.2. The lowest BCUT2D eigenvalue weighted by Gasteiger charge is -2.53. The van der Waals surface area contributed by atoms with Crippen LogP contribution >= 0.6 is 0 Å². The van der Waals surface area contributed by atoms with Crippen molar-refractivity contribution < 1.29 is 9.13 Å². The van der Waals surface area contributed by atoms with Gasteiger partial charge in [-0.1, -0.05) is 25.8 Å². The van der Waals surface area contributed by atoms with Crippen molar-refractivity contribution in [3.63, 3.8) is 0 Å². The van der Waals surface area contributed by atoms with Gasteiger partial charge in [-0.2, -0.15) is 5.26 Å². The molecule has 6 aliphatic rings. The van der Waals surface area contributed by atoms with E-state index in [9.17, 15) is 9.65 Å². The molecule has 1 saturated carbocycles. The molecule has 8 rings (SSSR count). The molecule has 1 aromatic carbocycles. The summed E-state index contributed by atoms with van der Waals surface area (Å²) >= 11 is 0. The number of aryl methyl sites for hydroxylation is 1. The maximum absolute atomic E-state index is 14.5. The first-order chi connectivity index (χ1) is 20.4. The second-order valence-electron chi connectivity index (χ2n) is 14.2. The SMILES string of the molecule is CC1CCC2(Cc3nc(CCC45CCCN4CC(F)C5)nc(N4CC5CCCCC54)c3CO2)c2c1ccc(N)c2C#N. The van der Waals surface area contributed by atoms with E-state index in [-0.39, 0.29) is 5.54 Å². The number of aromatic nitrogens is 2. The Kier molecular flexibility index (Phi) is 6.32. The molecule has 1 spiro atoms. The molecule has 1 aromatic heterocycles. The van der Waals surface area contributed by atoms with E-state index in [0.717, 1.165) is 86.0 Å². The van der Waals surface area contributed by atoms with E-state index < -0.39 is 11.8 Å². The molecule has 8 heteroatoms. The van der Waals surface area contributed by atoms with Crippen molar-refractivity contribution in [3.05, 3.63) is 45.9 Å². The number of halogens is 1. The zero-order valence-electron chi connectivity index (χ0n) is 24.9. The van der Waals surface area contributed by atoms with Crippen LogP contribution in [0.4, 0.5) is 15.9 Å². The van der Waals surface area contributed by atoms with Crippen LogP contribution in [0.3, 0.4) is 0 Å². The van der Waals surface area contributed by atoms with Crippen LogP contribution in [0.1, 0.15) is 111 Å². The van der Waals surface area contributed by atoms with Gasteiger partial charge in [0.25, 0.3) is 0 Å². The molecule has 0 bridgehead atoms. The molecular formula is C34H43FN6O. The fourth-order valence-corrected chi connectivity index (χ4v) is 9.71. The molecule has 7 nitrogen and oxygen atoms in total. The number of ether oxygens (including phenoxy) is 1. The number of benzene rings is 1. The number of anilines is 2. The van der Waals surface area contributed by atoms with Crippen molar-refractivity contribution in [1.82, 2.24) is 14.9 Å². The second-order valence-corrected chi connectivity index (χ2v) is 14.2. The highest BCUT2D eigenvalue weighted by Gasteiger charge is 2.50. The normalized spacial score (nSPS) is 35.2. The molecule has 5 heterocycles. The Morgan fingerprint density at radius 1 is 1.14 bits per heavy atom. The fourth-order valence-electron chi connectivity index (χ4n) is 9.71. The minimum Gasteiger partial charge on any atom is -0.398 e. The second kappa shape index (κ2) is 9.89. The van der Waals surface area contributed by atoms with Crippen LogP contribution in [-0.4, -0.2) is 52.3 Å². The topological polar surface area (TPSA) is 91.3 Å². The number of nitrogens with zero attached hydrogens (tertiary/aromatic N) is 5. The number of hydrogen-bond acceptors (Lipinski definition) is 7. The Morgan fingerprint density at radius 3 is 2.88 bits per heavy atom. The number of alkyl halides is 1. The number of nitriles is 1.